The first kappa shape index (κ1) is 23.6. The molecular formula is C26H32N4O4. The molecule has 0 saturated carbocycles. The summed E-state index contributed by atoms with van der Waals surface area (Å²) < 4.78 is 18.4. The molecule has 180 valence electrons. The molecule has 3 aromatic rings. The fourth-order valence-electron chi connectivity index (χ4n) is 4.49. The maximum Gasteiger partial charge on any atom is 0.257 e. The number of ether oxygens (including phenoxy) is 3. The summed E-state index contributed by atoms with van der Waals surface area (Å²) in [6, 6.07) is 13.8. The van der Waals surface area contributed by atoms with Gasteiger partial charge in [0.15, 0.2) is 11.5 Å². The van der Waals surface area contributed by atoms with Crippen molar-refractivity contribution >= 4 is 5.91 Å². The van der Waals surface area contributed by atoms with Gasteiger partial charge in [-0.2, -0.15) is 5.10 Å². The monoisotopic (exact) mass is 464 g/mol. The van der Waals surface area contributed by atoms with Gasteiger partial charge in [-0.05, 0) is 24.6 Å². The van der Waals surface area contributed by atoms with Crippen LogP contribution in [0.25, 0.3) is 5.69 Å². The van der Waals surface area contributed by atoms with E-state index in [1.165, 1.54) is 0 Å². The van der Waals surface area contributed by atoms with Crippen LogP contribution in [0, 0.1) is 0 Å². The van der Waals surface area contributed by atoms with Gasteiger partial charge in [0.25, 0.3) is 5.91 Å². The summed E-state index contributed by atoms with van der Waals surface area (Å²) in [7, 11) is 4.86. The van der Waals surface area contributed by atoms with E-state index >= 15 is 0 Å². The van der Waals surface area contributed by atoms with Crippen molar-refractivity contribution in [3.05, 3.63) is 65.5 Å². The fraction of sp³-hybridized carbons (Fsp3) is 0.385. The van der Waals surface area contributed by atoms with Crippen molar-refractivity contribution in [3.8, 4) is 22.9 Å². The van der Waals surface area contributed by atoms with Crippen molar-refractivity contribution < 1.29 is 19.0 Å². The second-order valence-electron chi connectivity index (χ2n) is 8.17. The summed E-state index contributed by atoms with van der Waals surface area (Å²) in [5, 5.41) is 4.52. The van der Waals surface area contributed by atoms with Gasteiger partial charge >= 0.3 is 0 Å². The Kier molecular flexibility index (Phi) is 7.37. The molecule has 1 fully saturated rings. The maximum atomic E-state index is 13.3. The highest BCUT2D eigenvalue weighted by atomic mass is 16.5. The first-order valence-corrected chi connectivity index (χ1v) is 11.5. The molecule has 1 aliphatic heterocycles. The average Bonchev–Trinajstić information content (AvgIpc) is 3.33. The Labute approximate surface area is 200 Å². The Morgan fingerprint density at radius 3 is 2.24 bits per heavy atom. The van der Waals surface area contributed by atoms with E-state index in [9.17, 15) is 4.79 Å². The first-order valence-electron chi connectivity index (χ1n) is 11.5. The molecule has 0 spiro atoms. The number of nitrogens with zero attached hydrogens (tertiary/aromatic N) is 4. The lowest BCUT2D eigenvalue weighted by atomic mass is 10.1. The minimum atomic E-state index is 0.0439. The van der Waals surface area contributed by atoms with Gasteiger partial charge in [-0.3, -0.25) is 9.69 Å². The predicted molar refractivity (Wildman–Crippen MR) is 130 cm³/mol. The molecule has 8 nitrogen and oxygen atoms in total. The number of rotatable bonds is 8. The molecular weight excluding hydrogens is 432 g/mol. The SMILES string of the molecule is CCc1c(C(=O)N2CCN(Cc3ccc(OC)c(OC)c3OC)CC2)cnn1-c1ccccc1. The van der Waals surface area contributed by atoms with Crippen molar-refractivity contribution in [2.75, 3.05) is 47.5 Å². The molecule has 0 bridgehead atoms. The van der Waals surface area contributed by atoms with Crippen molar-refractivity contribution in [2.24, 2.45) is 0 Å². The lowest BCUT2D eigenvalue weighted by Crippen LogP contribution is -2.48. The van der Waals surface area contributed by atoms with E-state index in [1.54, 1.807) is 27.5 Å². The van der Waals surface area contributed by atoms with Crippen LogP contribution in [0.4, 0.5) is 0 Å². The van der Waals surface area contributed by atoms with Crippen LogP contribution >= 0.6 is 0 Å². The van der Waals surface area contributed by atoms with Crippen LogP contribution in [0.15, 0.2) is 48.7 Å². The molecule has 0 aliphatic carbocycles. The standard InChI is InChI=1S/C26H32N4O4/c1-5-22-21(17-27-30(22)20-9-7-6-8-10-20)26(31)29-15-13-28(14-16-29)18-19-11-12-23(32-2)25(34-4)24(19)33-3/h6-12,17H,5,13-16,18H2,1-4H3. The number of para-hydroxylation sites is 1. The number of piperazine rings is 1. The molecule has 1 aliphatic rings. The number of carbonyl (C=O) groups is 1. The number of methoxy groups -OCH3 is 3. The Morgan fingerprint density at radius 2 is 1.62 bits per heavy atom. The number of carbonyl (C=O) groups excluding carboxylic acids is 1. The minimum Gasteiger partial charge on any atom is -0.493 e. The minimum absolute atomic E-state index is 0.0439. The van der Waals surface area contributed by atoms with Crippen LogP contribution in [0.1, 0.15) is 28.5 Å². The van der Waals surface area contributed by atoms with E-state index in [4.69, 9.17) is 14.2 Å². The van der Waals surface area contributed by atoms with Gasteiger partial charge < -0.3 is 19.1 Å². The highest BCUT2D eigenvalue weighted by Crippen LogP contribution is 2.40. The zero-order valence-corrected chi connectivity index (χ0v) is 20.3. The molecule has 1 aromatic heterocycles. The van der Waals surface area contributed by atoms with E-state index < -0.39 is 0 Å². The van der Waals surface area contributed by atoms with Crippen LogP contribution in [0.3, 0.4) is 0 Å². The van der Waals surface area contributed by atoms with Crippen LogP contribution in [-0.4, -0.2) is 73.0 Å². The Balaban J connectivity index is 1.44. The quantitative estimate of drug-likeness (QED) is 0.509. The summed E-state index contributed by atoms with van der Waals surface area (Å²) in [4.78, 5) is 17.6. The third kappa shape index (κ3) is 4.59. The topological polar surface area (TPSA) is 69.1 Å². The van der Waals surface area contributed by atoms with Gasteiger partial charge in [-0.15, -0.1) is 0 Å². The van der Waals surface area contributed by atoms with Gasteiger partial charge in [0.1, 0.15) is 0 Å². The average molecular weight is 465 g/mol. The second-order valence-corrected chi connectivity index (χ2v) is 8.17. The molecule has 0 radical (unpaired) electrons. The number of hydrogen-bond acceptors (Lipinski definition) is 6. The summed E-state index contributed by atoms with van der Waals surface area (Å²) in [6.07, 6.45) is 2.43. The van der Waals surface area contributed by atoms with Crippen molar-refractivity contribution in [1.82, 2.24) is 19.6 Å². The molecule has 1 saturated heterocycles. The summed E-state index contributed by atoms with van der Waals surface area (Å²) in [5.41, 5.74) is 3.61. The van der Waals surface area contributed by atoms with Crippen molar-refractivity contribution in [1.29, 1.82) is 0 Å². The molecule has 0 unspecified atom stereocenters. The third-order valence-corrected chi connectivity index (χ3v) is 6.27. The van der Waals surface area contributed by atoms with E-state index in [0.29, 0.717) is 42.4 Å². The van der Waals surface area contributed by atoms with Crippen molar-refractivity contribution in [3.63, 3.8) is 0 Å². The fourth-order valence-corrected chi connectivity index (χ4v) is 4.49. The zero-order chi connectivity index (χ0) is 24.1. The molecule has 34 heavy (non-hydrogen) atoms. The molecule has 2 heterocycles. The summed E-state index contributed by atoms with van der Waals surface area (Å²) >= 11 is 0. The van der Waals surface area contributed by atoms with Gasteiger partial charge in [0.2, 0.25) is 5.75 Å². The molecule has 0 N–H and O–H groups in total. The summed E-state index contributed by atoms with van der Waals surface area (Å²) in [5.74, 6) is 1.96. The number of aromatic nitrogens is 2. The van der Waals surface area contributed by atoms with Gasteiger partial charge in [0, 0.05) is 38.3 Å². The Morgan fingerprint density at radius 1 is 0.912 bits per heavy atom. The highest BCUT2D eigenvalue weighted by molar-refractivity contribution is 5.95. The van der Waals surface area contributed by atoms with Gasteiger partial charge in [-0.25, -0.2) is 4.68 Å². The Hall–Kier alpha value is -3.52. The lowest BCUT2D eigenvalue weighted by Gasteiger charge is -2.35. The Bertz CT molecular complexity index is 1120. The lowest BCUT2D eigenvalue weighted by molar-refractivity contribution is 0.0626. The number of benzene rings is 2. The summed E-state index contributed by atoms with van der Waals surface area (Å²) in [6.45, 7) is 5.64. The van der Waals surface area contributed by atoms with Crippen LogP contribution < -0.4 is 14.2 Å². The number of amides is 1. The smallest absolute Gasteiger partial charge is 0.257 e. The largest absolute Gasteiger partial charge is 0.493 e. The van der Waals surface area contributed by atoms with Crippen LogP contribution in [-0.2, 0) is 13.0 Å². The molecule has 8 heteroatoms. The molecule has 4 rings (SSSR count). The van der Waals surface area contributed by atoms with Crippen LogP contribution in [0.2, 0.25) is 0 Å². The second kappa shape index (κ2) is 10.6. The van der Waals surface area contributed by atoms with Crippen LogP contribution in [0.5, 0.6) is 17.2 Å². The first-order chi connectivity index (χ1) is 16.6. The normalized spacial score (nSPS) is 14.2. The van der Waals surface area contributed by atoms with E-state index in [0.717, 1.165) is 36.5 Å². The van der Waals surface area contributed by atoms with E-state index in [1.807, 2.05) is 52.0 Å². The number of hydrogen-bond donors (Lipinski definition) is 0. The molecule has 1 amide bonds. The molecule has 0 atom stereocenters. The maximum absolute atomic E-state index is 13.3. The van der Waals surface area contributed by atoms with Gasteiger partial charge in [0.05, 0.1) is 44.5 Å². The highest BCUT2D eigenvalue weighted by Gasteiger charge is 2.27. The van der Waals surface area contributed by atoms with Crippen molar-refractivity contribution in [2.45, 2.75) is 19.9 Å². The van der Waals surface area contributed by atoms with Gasteiger partial charge in [-0.1, -0.05) is 31.2 Å². The third-order valence-electron chi connectivity index (χ3n) is 6.27. The van der Waals surface area contributed by atoms with E-state index in [2.05, 4.69) is 16.9 Å². The zero-order valence-electron chi connectivity index (χ0n) is 20.3. The predicted octanol–water partition coefficient (Wildman–Crippen LogP) is 3.42. The molecule has 2 aromatic carbocycles. The van der Waals surface area contributed by atoms with E-state index in [-0.39, 0.29) is 5.91 Å².